The molecular formula is C17H24N2O4. The van der Waals surface area contributed by atoms with Gasteiger partial charge in [-0.1, -0.05) is 6.07 Å². The Hall–Kier alpha value is -2.24. The second-order valence-corrected chi connectivity index (χ2v) is 6.95. The molecule has 1 aliphatic rings. The molecule has 2 rings (SSSR count). The summed E-state index contributed by atoms with van der Waals surface area (Å²) in [6, 6.07) is 5.54. The fourth-order valence-corrected chi connectivity index (χ4v) is 2.45. The van der Waals surface area contributed by atoms with Gasteiger partial charge in [-0.25, -0.2) is 9.59 Å². The lowest BCUT2D eigenvalue weighted by molar-refractivity contribution is 0.00851. The highest BCUT2D eigenvalue weighted by atomic mass is 16.6. The zero-order valence-electron chi connectivity index (χ0n) is 14.3. The number of aromatic carboxylic acids is 1. The van der Waals surface area contributed by atoms with Crippen molar-refractivity contribution in [3.63, 3.8) is 0 Å². The number of likely N-dealkylation sites (tertiary alicyclic amines) is 1. The molecule has 0 unspecified atom stereocenters. The number of carbonyl (C=O) groups excluding carboxylic acids is 1. The van der Waals surface area contributed by atoms with Crippen LogP contribution in [0.3, 0.4) is 0 Å². The molecule has 1 fully saturated rings. The third-order valence-corrected chi connectivity index (χ3v) is 3.92. The minimum atomic E-state index is -0.929. The van der Waals surface area contributed by atoms with E-state index in [0.29, 0.717) is 18.7 Å². The lowest BCUT2D eigenvalue weighted by atomic mass is 10.0. The Labute approximate surface area is 136 Å². The van der Waals surface area contributed by atoms with Crippen LogP contribution in [0.15, 0.2) is 18.2 Å². The van der Waals surface area contributed by atoms with Crippen molar-refractivity contribution in [2.75, 3.05) is 25.0 Å². The number of ether oxygens (including phenoxy) is 1. The second-order valence-electron chi connectivity index (χ2n) is 6.95. The predicted octanol–water partition coefficient (Wildman–Crippen LogP) is 2.75. The van der Waals surface area contributed by atoms with Gasteiger partial charge >= 0.3 is 12.1 Å². The number of aryl methyl sites for hydroxylation is 1. The van der Waals surface area contributed by atoms with Crippen LogP contribution in [0.2, 0.25) is 0 Å². The van der Waals surface area contributed by atoms with Crippen LogP contribution >= 0.6 is 0 Å². The molecule has 0 aromatic heterocycles. The summed E-state index contributed by atoms with van der Waals surface area (Å²) in [5.41, 5.74) is 1.37. The van der Waals surface area contributed by atoms with E-state index in [0.717, 1.165) is 11.3 Å². The molecule has 0 atom stereocenters. The number of carboxylic acids is 1. The molecule has 1 amide bonds. The van der Waals surface area contributed by atoms with Crippen molar-refractivity contribution in [3.8, 4) is 0 Å². The van der Waals surface area contributed by atoms with Gasteiger partial charge in [0.25, 0.3) is 0 Å². The molecule has 0 aliphatic carbocycles. The van der Waals surface area contributed by atoms with Gasteiger partial charge in [-0.15, -0.1) is 0 Å². The summed E-state index contributed by atoms with van der Waals surface area (Å²) in [6.07, 6.45) is -0.308. The molecule has 1 aromatic carbocycles. The van der Waals surface area contributed by atoms with E-state index in [1.165, 1.54) is 0 Å². The number of hydrogen-bond acceptors (Lipinski definition) is 4. The van der Waals surface area contributed by atoms with Crippen molar-refractivity contribution in [2.24, 2.45) is 0 Å². The van der Waals surface area contributed by atoms with E-state index in [1.807, 2.05) is 38.8 Å². The summed E-state index contributed by atoms with van der Waals surface area (Å²) >= 11 is 0. The third-order valence-electron chi connectivity index (χ3n) is 3.92. The average Bonchev–Trinajstić information content (AvgIpc) is 2.34. The highest BCUT2D eigenvalue weighted by Crippen LogP contribution is 2.25. The first-order valence-electron chi connectivity index (χ1n) is 7.63. The quantitative estimate of drug-likeness (QED) is 0.927. The van der Waals surface area contributed by atoms with Gasteiger partial charge < -0.3 is 19.6 Å². The molecule has 1 aromatic rings. The van der Waals surface area contributed by atoms with E-state index in [9.17, 15) is 14.7 Å². The number of nitrogens with zero attached hydrogens (tertiary/aromatic N) is 2. The maximum Gasteiger partial charge on any atom is 0.410 e. The first kappa shape index (κ1) is 17.1. The normalized spacial score (nSPS) is 15.1. The van der Waals surface area contributed by atoms with Crippen LogP contribution in [0, 0.1) is 6.92 Å². The Morgan fingerprint density at radius 1 is 1.30 bits per heavy atom. The topological polar surface area (TPSA) is 70.1 Å². The van der Waals surface area contributed by atoms with Crippen LogP contribution in [0.5, 0.6) is 0 Å². The smallest absolute Gasteiger partial charge is 0.410 e. The molecule has 0 radical (unpaired) electrons. The zero-order valence-corrected chi connectivity index (χ0v) is 14.3. The highest BCUT2D eigenvalue weighted by Gasteiger charge is 2.36. The molecule has 23 heavy (non-hydrogen) atoms. The number of benzene rings is 1. The molecule has 0 spiro atoms. The summed E-state index contributed by atoms with van der Waals surface area (Å²) in [7, 11) is 1.91. The van der Waals surface area contributed by atoms with Crippen molar-refractivity contribution in [2.45, 2.75) is 39.3 Å². The van der Waals surface area contributed by atoms with Crippen molar-refractivity contribution in [3.05, 3.63) is 29.3 Å². The van der Waals surface area contributed by atoms with E-state index >= 15 is 0 Å². The molecule has 6 heteroatoms. The summed E-state index contributed by atoms with van der Waals surface area (Å²) in [5, 5.41) is 9.22. The fraction of sp³-hybridized carbons (Fsp3) is 0.529. The van der Waals surface area contributed by atoms with Gasteiger partial charge in [-0.2, -0.15) is 0 Å². The van der Waals surface area contributed by atoms with E-state index in [1.54, 1.807) is 24.0 Å². The van der Waals surface area contributed by atoms with Crippen LogP contribution in [-0.4, -0.2) is 53.8 Å². The summed E-state index contributed by atoms with van der Waals surface area (Å²) in [6.45, 7) is 8.44. The van der Waals surface area contributed by atoms with Crippen molar-refractivity contribution in [1.29, 1.82) is 0 Å². The first-order valence-corrected chi connectivity index (χ1v) is 7.63. The molecule has 1 aliphatic heterocycles. The van der Waals surface area contributed by atoms with Crippen LogP contribution in [0.25, 0.3) is 0 Å². The van der Waals surface area contributed by atoms with Gasteiger partial charge in [-0.05, 0) is 45.4 Å². The standard InChI is InChI=1S/C17H24N2O4/c1-11-6-7-12(8-14(11)15(20)21)18(5)13-9-19(10-13)16(22)23-17(2,3)4/h6-8,13H,9-10H2,1-5H3,(H,20,21). The molecule has 1 heterocycles. The number of likely N-dealkylation sites (N-methyl/N-ethyl adjacent to an activating group) is 1. The Kier molecular flexibility index (Phi) is 4.54. The number of anilines is 1. The lowest BCUT2D eigenvalue weighted by Gasteiger charge is -2.44. The summed E-state index contributed by atoms with van der Waals surface area (Å²) in [4.78, 5) is 26.8. The number of carbonyl (C=O) groups is 2. The SMILES string of the molecule is Cc1ccc(N(C)C2CN(C(=O)OC(C)(C)C)C2)cc1C(=O)O. The fourth-order valence-electron chi connectivity index (χ4n) is 2.45. The predicted molar refractivity (Wildman–Crippen MR) is 88.1 cm³/mol. The van der Waals surface area contributed by atoms with Gasteiger partial charge in [0, 0.05) is 25.8 Å². The molecule has 1 saturated heterocycles. The minimum Gasteiger partial charge on any atom is -0.478 e. The van der Waals surface area contributed by atoms with Crippen LogP contribution in [0.4, 0.5) is 10.5 Å². The van der Waals surface area contributed by atoms with Crippen LogP contribution in [0.1, 0.15) is 36.7 Å². The first-order chi connectivity index (χ1) is 10.6. The van der Waals surface area contributed by atoms with E-state index in [4.69, 9.17) is 4.74 Å². The average molecular weight is 320 g/mol. The monoisotopic (exact) mass is 320 g/mol. The van der Waals surface area contributed by atoms with E-state index in [2.05, 4.69) is 0 Å². The van der Waals surface area contributed by atoms with E-state index < -0.39 is 11.6 Å². The van der Waals surface area contributed by atoms with Crippen molar-refractivity contribution < 1.29 is 19.4 Å². The molecule has 1 N–H and O–H groups in total. The lowest BCUT2D eigenvalue weighted by Crippen LogP contribution is -2.61. The van der Waals surface area contributed by atoms with Gasteiger partial charge in [0.05, 0.1) is 11.6 Å². The molecule has 0 saturated carbocycles. The van der Waals surface area contributed by atoms with Gasteiger partial charge in [0.2, 0.25) is 0 Å². The maximum absolute atomic E-state index is 11.9. The molecule has 126 valence electrons. The number of hydrogen-bond donors (Lipinski definition) is 1. The largest absolute Gasteiger partial charge is 0.478 e. The van der Waals surface area contributed by atoms with Gasteiger partial charge in [0.15, 0.2) is 0 Å². The van der Waals surface area contributed by atoms with Crippen LogP contribution < -0.4 is 4.90 Å². The third kappa shape index (κ3) is 3.94. The zero-order chi connectivity index (χ0) is 17.4. The van der Waals surface area contributed by atoms with Crippen LogP contribution in [-0.2, 0) is 4.74 Å². The Bertz CT molecular complexity index is 616. The Balaban J connectivity index is 1.99. The Morgan fingerprint density at radius 2 is 1.91 bits per heavy atom. The van der Waals surface area contributed by atoms with Gasteiger partial charge in [0.1, 0.15) is 5.60 Å². The van der Waals surface area contributed by atoms with Crippen molar-refractivity contribution in [1.82, 2.24) is 4.90 Å². The maximum atomic E-state index is 11.9. The summed E-state index contributed by atoms with van der Waals surface area (Å²) < 4.78 is 5.33. The molecule has 6 nitrogen and oxygen atoms in total. The number of amides is 1. The summed E-state index contributed by atoms with van der Waals surface area (Å²) in [5.74, 6) is -0.929. The second kappa shape index (κ2) is 6.10. The number of rotatable bonds is 3. The molecule has 0 bridgehead atoms. The van der Waals surface area contributed by atoms with Crippen molar-refractivity contribution >= 4 is 17.7 Å². The molecular weight excluding hydrogens is 296 g/mol. The highest BCUT2D eigenvalue weighted by molar-refractivity contribution is 5.90. The van der Waals surface area contributed by atoms with Gasteiger partial charge in [-0.3, -0.25) is 0 Å². The number of carboxylic acid groups (broad SMARTS) is 1. The Morgan fingerprint density at radius 3 is 2.43 bits per heavy atom. The minimum absolute atomic E-state index is 0.159. The van der Waals surface area contributed by atoms with E-state index in [-0.39, 0.29) is 12.1 Å².